The summed E-state index contributed by atoms with van der Waals surface area (Å²) in [6.07, 6.45) is 3.18. The van der Waals surface area contributed by atoms with Crippen LogP contribution in [0.25, 0.3) is 11.5 Å². The van der Waals surface area contributed by atoms with Crippen LogP contribution in [0.15, 0.2) is 64.4 Å². The van der Waals surface area contributed by atoms with Gasteiger partial charge >= 0.3 is 0 Å². The number of rotatable bonds is 8. The Morgan fingerprint density at radius 2 is 1.92 bits per heavy atom. The second kappa shape index (κ2) is 8.71. The summed E-state index contributed by atoms with van der Waals surface area (Å²) in [5.74, 6) is 2.08. The molecule has 0 spiro atoms. The summed E-state index contributed by atoms with van der Waals surface area (Å²) >= 11 is 0. The fraction of sp³-hybridized carbons (Fsp3) is 0.200. The van der Waals surface area contributed by atoms with Crippen LogP contribution in [0.3, 0.4) is 0 Å². The zero-order valence-corrected chi connectivity index (χ0v) is 14.7. The van der Waals surface area contributed by atoms with Crippen molar-refractivity contribution >= 4 is 6.21 Å². The van der Waals surface area contributed by atoms with Gasteiger partial charge in [-0.25, -0.2) is 4.98 Å². The van der Waals surface area contributed by atoms with E-state index in [-0.39, 0.29) is 6.61 Å². The van der Waals surface area contributed by atoms with E-state index in [1.54, 1.807) is 19.6 Å². The first-order valence-corrected chi connectivity index (χ1v) is 8.26. The minimum absolute atomic E-state index is 0.215. The van der Waals surface area contributed by atoms with E-state index in [1.165, 1.54) is 0 Å². The highest BCUT2D eigenvalue weighted by atomic mass is 16.6. The maximum absolute atomic E-state index is 5.54. The van der Waals surface area contributed by atoms with Gasteiger partial charge < -0.3 is 18.7 Å². The summed E-state index contributed by atoms with van der Waals surface area (Å²) in [5.41, 5.74) is 2.38. The molecular formula is C20H20N2O4. The summed E-state index contributed by atoms with van der Waals surface area (Å²) in [5, 5.41) is 3.98. The zero-order valence-electron chi connectivity index (χ0n) is 14.7. The van der Waals surface area contributed by atoms with Gasteiger partial charge in [0.2, 0.25) is 5.89 Å². The number of ether oxygens (including phenoxy) is 2. The average Bonchev–Trinajstić information content (AvgIpc) is 3.16. The van der Waals surface area contributed by atoms with Gasteiger partial charge in [-0.2, -0.15) is 0 Å². The molecule has 0 N–H and O–H groups in total. The van der Waals surface area contributed by atoms with E-state index in [1.807, 2.05) is 55.5 Å². The predicted octanol–water partition coefficient (Wildman–Crippen LogP) is 4.30. The number of oxazole rings is 1. The van der Waals surface area contributed by atoms with Crippen molar-refractivity contribution in [2.24, 2.45) is 5.16 Å². The largest absolute Gasteiger partial charge is 0.497 e. The number of nitrogens with zero attached hydrogens (tertiary/aromatic N) is 2. The van der Waals surface area contributed by atoms with Crippen molar-refractivity contribution in [3.8, 4) is 23.0 Å². The number of hydrogen-bond donors (Lipinski definition) is 0. The van der Waals surface area contributed by atoms with Crippen LogP contribution in [0.4, 0.5) is 0 Å². The average molecular weight is 352 g/mol. The van der Waals surface area contributed by atoms with Crippen molar-refractivity contribution < 1.29 is 18.7 Å². The van der Waals surface area contributed by atoms with Crippen LogP contribution in [0.1, 0.15) is 18.2 Å². The third-order valence-corrected chi connectivity index (χ3v) is 3.59. The Balaban J connectivity index is 1.58. The molecule has 0 aliphatic heterocycles. The van der Waals surface area contributed by atoms with Gasteiger partial charge in [-0.05, 0) is 43.3 Å². The number of aromatic nitrogens is 1. The summed E-state index contributed by atoms with van der Waals surface area (Å²) in [6, 6.07) is 15.1. The van der Waals surface area contributed by atoms with Gasteiger partial charge in [0.05, 0.1) is 19.9 Å². The highest BCUT2D eigenvalue weighted by molar-refractivity contribution is 5.83. The van der Waals surface area contributed by atoms with Crippen molar-refractivity contribution in [2.45, 2.75) is 13.5 Å². The van der Waals surface area contributed by atoms with Crippen LogP contribution in [-0.4, -0.2) is 24.9 Å². The minimum Gasteiger partial charge on any atom is -0.497 e. The molecule has 6 heteroatoms. The molecule has 0 radical (unpaired) electrons. The SMILES string of the molecule is CCOc1ccccc1/C=N/OCc1coc(-c2ccc(OC)cc2)n1. The van der Waals surface area contributed by atoms with Gasteiger partial charge in [0.1, 0.15) is 23.5 Å². The van der Waals surface area contributed by atoms with Gasteiger partial charge in [0.25, 0.3) is 0 Å². The molecule has 0 bridgehead atoms. The van der Waals surface area contributed by atoms with E-state index in [9.17, 15) is 0 Å². The monoisotopic (exact) mass is 352 g/mol. The number of methoxy groups -OCH3 is 1. The second-order valence-electron chi connectivity index (χ2n) is 5.35. The molecule has 0 fully saturated rings. The maximum Gasteiger partial charge on any atom is 0.226 e. The summed E-state index contributed by atoms with van der Waals surface area (Å²) in [6.45, 7) is 2.75. The lowest BCUT2D eigenvalue weighted by Crippen LogP contribution is -1.96. The highest BCUT2D eigenvalue weighted by Crippen LogP contribution is 2.22. The van der Waals surface area contributed by atoms with Crippen LogP contribution in [0.5, 0.6) is 11.5 Å². The first-order valence-electron chi connectivity index (χ1n) is 8.26. The first kappa shape index (κ1) is 17.5. The summed E-state index contributed by atoms with van der Waals surface area (Å²) in [7, 11) is 1.63. The summed E-state index contributed by atoms with van der Waals surface area (Å²) < 4.78 is 16.2. The molecule has 0 saturated heterocycles. The number of para-hydroxylation sites is 1. The summed E-state index contributed by atoms with van der Waals surface area (Å²) in [4.78, 5) is 9.71. The van der Waals surface area contributed by atoms with Crippen molar-refractivity contribution in [3.05, 3.63) is 66.1 Å². The van der Waals surface area contributed by atoms with Crippen LogP contribution >= 0.6 is 0 Å². The molecule has 3 aromatic rings. The Morgan fingerprint density at radius 1 is 1.12 bits per heavy atom. The van der Waals surface area contributed by atoms with Gasteiger partial charge in [-0.1, -0.05) is 17.3 Å². The molecular weight excluding hydrogens is 332 g/mol. The van der Waals surface area contributed by atoms with E-state index in [0.717, 1.165) is 22.6 Å². The van der Waals surface area contributed by atoms with Crippen LogP contribution in [0, 0.1) is 0 Å². The molecule has 0 unspecified atom stereocenters. The molecule has 0 saturated carbocycles. The van der Waals surface area contributed by atoms with Crippen LogP contribution in [-0.2, 0) is 11.4 Å². The van der Waals surface area contributed by atoms with Crippen molar-refractivity contribution in [1.29, 1.82) is 0 Å². The standard InChI is InChI=1S/C20H20N2O4/c1-3-24-19-7-5-4-6-16(19)12-21-26-14-17-13-25-20(22-17)15-8-10-18(23-2)11-9-15/h4-13H,3,14H2,1-2H3/b21-12+. The second-order valence-corrected chi connectivity index (χ2v) is 5.35. The predicted molar refractivity (Wildman–Crippen MR) is 98.5 cm³/mol. The van der Waals surface area contributed by atoms with Crippen molar-refractivity contribution in [3.63, 3.8) is 0 Å². The van der Waals surface area contributed by atoms with E-state index < -0.39 is 0 Å². The fourth-order valence-electron chi connectivity index (χ4n) is 2.31. The van der Waals surface area contributed by atoms with Gasteiger partial charge in [0.15, 0.2) is 6.61 Å². The molecule has 134 valence electrons. The Bertz CT molecular complexity index is 856. The number of oxime groups is 1. The van der Waals surface area contributed by atoms with E-state index in [4.69, 9.17) is 18.7 Å². The lowest BCUT2D eigenvalue weighted by Gasteiger charge is -2.05. The third kappa shape index (κ3) is 4.42. The van der Waals surface area contributed by atoms with Gasteiger partial charge in [0, 0.05) is 11.1 Å². The molecule has 0 aliphatic rings. The van der Waals surface area contributed by atoms with Gasteiger partial charge in [-0.3, -0.25) is 0 Å². The molecule has 26 heavy (non-hydrogen) atoms. The van der Waals surface area contributed by atoms with Crippen molar-refractivity contribution in [1.82, 2.24) is 4.98 Å². The van der Waals surface area contributed by atoms with Crippen LogP contribution < -0.4 is 9.47 Å². The molecule has 1 aromatic heterocycles. The number of hydrogen-bond acceptors (Lipinski definition) is 6. The van der Waals surface area contributed by atoms with E-state index in [0.29, 0.717) is 18.2 Å². The lowest BCUT2D eigenvalue weighted by molar-refractivity contribution is 0.129. The molecule has 6 nitrogen and oxygen atoms in total. The van der Waals surface area contributed by atoms with Gasteiger partial charge in [-0.15, -0.1) is 0 Å². The minimum atomic E-state index is 0.215. The smallest absolute Gasteiger partial charge is 0.226 e. The van der Waals surface area contributed by atoms with E-state index in [2.05, 4.69) is 10.1 Å². The molecule has 0 amide bonds. The maximum atomic E-state index is 5.54. The zero-order chi connectivity index (χ0) is 18.2. The Hall–Kier alpha value is -3.28. The third-order valence-electron chi connectivity index (χ3n) is 3.59. The quantitative estimate of drug-likeness (QED) is 0.447. The number of benzene rings is 2. The first-order chi connectivity index (χ1) is 12.8. The fourth-order valence-corrected chi connectivity index (χ4v) is 2.31. The van der Waals surface area contributed by atoms with Crippen molar-refractivity contribution in [2.75, 3.05) is 13.7 Å². The Labute approximate surface area is 152 Å². The normalized spacial score (nSPS) is 10.8. The molecule has 2 aromatic carbocycles. The Morgan fingerprint density at radius 3 is 2.69 bits per heavy atom. The molecule has 1 heterocycles. The Kier molecular flexibility index (Phi) is 5.88. The molecule has 3 rings (SSSR count). The van der Waals surface area contributed by atoms with E-state index >= 15 is 0 Å². The molecule has 0 atom stereocenters. The lowest BCUT2D eigenvalue weighted by atomic mass is 10.2. The topological polar surface area (TPSA) is 66.1 Å². The molecule has 0 aliphatic carbocycles. The van der Waals surface area contributed by atoms with Crippen LogP contribution in [0.2, 0.25) is 0 Å². The highest BCUT2D eigenvalue weighted by Gasteiger charge is 2.07.